The van der Waals surface area contributed by atoms with Crippen LogP contribution in [0.25, 0.3) is 0 Å². The number of amides is 1. The fourth-order valence-electron chi connectivity index (χ4n) is 2.17. The van der Waals surface area contributed by atoms with Crippen molar-refractivity contribution in [1.29, 1.82) is 0 Å². The Morgan fingerprint density at radius 2 is 2.07 bits per heavy atom. The number of hydrogen-bond donors (Lipinski definition) is 1. The van der Waals surface area contributed by atoms with Gasteiger partial charge in [-0.2, -0.15) is 5.10 Å². The molecule has 0 aliphatic rings. The maximum atomic E-state index is 12.2. The number of nitrogens with zero attached hydrogens (tertiary/aromatic N) is 3. The smallest absolute Gasteiger partial charge is 0.260 e. The maximum Gasteiger partial charge on any atom is 0.260 e. The van der Waals surface area contributed by atoms with Crippen molar-refractivity contribution in [3.8, 4) is 11.5 Å². The van der Waals surface area contributed by atoms with Crippen LogP contribution in [0.15, 0.2) is 47.8 Å². The van der Waals surface area contributed by atoms with Crippen molar-refractivity contribution in [3.05, 3.63) is 48.3 Å². The number of aromatic nitrogens is 1. The number of carbonyl (C=O) groups is 1. The summed E-state index contributed by atoms with van der Waals surface area (Å²) in [5.41, 5.74) is 3.17. The van der Waals surface area contributed by atoms with E-state index in [4.69, 9.17) is 9.47 Å². The van der Waals surface area contributed by atoms with Crippen LogP contribution in [0.3, 0.4) is 0 Å². The number of nitrogens with one attached hydrogen (secondary N) is 1. The predicted molar refractivity (Wildman–Crippen MR) is 102 cm³/mol. The molecule has 0 saturated heterocycles. The zero-order chi connectivity index (χ0) is 19.9. The molecule has 0 radical (unpaired) electrons. The summed E-state index contributed by atoms with van der Waals surface area (Å²) in [5.74, 6) is 0.0905. The van der Waals surface area contributed by atoms with Gasteiger partial charge in [-0.25, -0.2) is 13.8 Å². The van der Waals surface area contributed by atoms with Gasteiger partial charge in [-0.1, -0.05) is 6.07 Å². The molecule has 27 heavy (non-hydrogen) atoms. The van der Waals surface area contributed by atoms with Gasteiger partial charge in [-0.15, -0.1) is 0 Å². The average molecular weight is 392 g/mol. The summed E-state index contributed by atoms with van der Waals surface area (Å²) >= 11 is 0. The highest BCUT2D eigenvalue weighted by Gasteiger charge is 2.24. The second-order valence-electron chi connectivity index (χ2n) is 5.39. The minimum Gasteiger partial charge on any atom is -0.497 e. The van der Waals surface area contributed by atoms with E-state index in [-0.39, 0.29) is 11.4 Å². The van der Waals surface area contributed by atoms with E-state index in [0.29, 0.717) is 11.3 Å². The first-order valence-corrected chi connectivity index (χ1v) is 9.61. The molecule has 0 aliphatic carbocycles. The lowest BCUT2D eigenvalue weighted by atomic mass is 10.2. The molecule has 144 valence electrons. The van der Waals surface area contributed by atoms with Gasteiger partial charge in [0, 0.05) is 24.0 Å². The van der Waals surface area contributed by atoms with Crippen LogP contribution in [0, 0.1) is 0 Å². The Kier molecular flexibility index (Phi) is 6.72. The minimum atomic E-state index is -3.77. The van der Waals surface area contributed by atoms with Crippen LogP contribution in [-0.4, -0.2) is 52.5 Å². The Bertz CT molecular complexity index is 916. The lowest BCUT2D eigenvalue weighted by molar-refractivity contribution is -0.119. The second-order valence-corrected chi connectivity index (χ2v) is 7.29. The number of hydrogen-bond acceptors (Lipinski definition) is 7. The van der Waals surface area contributed by atoms with E-state index in [0.717, 1.165) is 10.6 Å². The summed E-state index contributed by atoms with van der Waals surface area (Å²) < 4.78 is 35.7. The number of hydrazone groups is 1. The second kappa shape index (κ2) is 8.99. The molecule has 1 aromatic carbocycles. The van der Waals surface area contributed by atoms with Crippen molar-refractivity contribution in [2.45, 2.75) is 0 Å². The number of rotatable bonds is 8. The van der Waals surface area contributed by atoms with Crippen molar-refractivity contribution >= 4 is 27.8 Å². The van der Waals surface area contributed by atoms with Crippen LogP contribution in [0.5, 0.6) is 11.5 Å². The molecule has 0 atom stereocenters. The quantitative estimate of drug-likeness (QED) is 0.530. The van der Waals surface area contributed by atoms with Crippen molar-refractivity contribution in [2.24, 2.45) is 5.10 Å². The number of carbonyl (C=O) groups excluding carboxylic acids is 1. The van der Waals surface area contributed by atoms with Crippen LogP contribution < -0.4 is 19.2 Å². The number of methoxy groups -OCH3 is 2. The molecule has 0 spiro atoms. The largest absolute Gasteiger partial charge is 0.497 e. The molecule has 0 aliphatic heterocycles. The van der Waals surface area contributed by atoms with Gasteiger partial charge in [0.25, 0.3) is 5.91 Å². The molecule has 0 saturated carbocycles. The minimum absolute atomic E-state index is 0.186. The monoisotopic (exact) mass is 392 g/mol. The molecular formula is C17H20N4O5S. The molecule has 10 heteroatoms. The first kappa shape index (κ1) is 20.2. The lowest BCUT2D eigenvalue weighted by Crippen LogP contribution is -2.39. The van der Waals surface area contributed by atoms with Gasteiger partial charge in [0.15, 0.2) is 0 Å². The SMILES string of the molecule is COc1ccc(OC)c(N(CC(=O)N/N=C\c2cccnc2)S(C)(=O)=O)c1. The molecule has 1 N–H and O–H groups in total. The van der Waals surface area contributed by atoms with Gasteiger partial charge in [-0.3, -0.25) is 14.1 Å². The zero-order valence-corrected chi connectivity index (χ0v) is 15.9. The van der Waals surface area contributed by atoms with Gasteiger partial charge >= 0.3 is 0 Å². The van der Waals surface area contributed by atoms with Crippen LogP contribution in [-0.2, 0) is 14.8 Å². The first-order chi connectivity index (χ1) is 12.8. The van der Waals surface area contributed by atoms with E-state index in [2.05, 4.69) is 15.5 Å². The number of sulfonamides is 1. The maximum absolute atomic E-state index is 12.2. The highest BCUT2D eigenvalue weighted by Crippen LogP contribution is 2.33. The average Bonchev–Trinajstić information content (AvgIpc) is 2.65. The summed E-state index contributed by atoms with van der Waals surface area (Å²) in [6, 6.07) is 8.15. The topological polar surface area (TPSA) is 110 Å². The normalized spacial score (nSPS) is 11.2. The fourth-order valence-corrected chi connectivity index (χ4v) is 3.02. The van der Waals surface area contributed by atoms with E-state index in [1.807, 2.05) is 0 Å². The van der Waals surface area contributed by atoms with Crippen LogP contribution in [0.2, 0.25) is 0 Å². The Morgan fingerprint density at radius 1 is 1.30 bits per heavy atom. The molecule has 0 unspecified atom stereocenters. The molecule has 2 aromatic rings. The molecule has 2 rings (SSSR count). The van der Waals surface area contributed by atoms with Crippen molar-refractivity contribution in [3.63, 3.8) is 0 Å². The Hall–Kier alpha value is -3.14. The summed E-state index contributed by atoms with van der Waals surface area (Å²) in [7, 11) is -0.911. The highest BCUT2D eigenvalue weighted by molar-refractivity contribution is 7.92. The number of benzene rings is 1. The lowest BCUT2D eigenvalue weighted by Gasteiger charge is -2.23. The molecule has 0 fully saturated rings. The first-order valence-electron chi connectivity index (χ1n) is 7.77. The van der Waals surface area contributed by atoms with Gasteiger partial charge in [0.05, 0.1) is 32.4 Å². The Morgan fingerprint density at radius 3 is 2.67 bits per heavy atom. The predicted octanol–water partition coefficient (Wildman–Crippen LogP) is 1.02. The number of anilines is 1. The summed E-state index contributed by atoms with van der Waals surface area (Å²) in [4.78, 5) is 16.1. The molecule has 1 aromatic heterocycles. The van der Waals surface area contributed by atoms with E-state index in [9.17, 15) is 13.2 Å². The van der Waals surface area contributed by atoms with Gasteiger partial charge in [0.2, 0.25) is 10.0 Å². The van der Waals surface area contributed by atoms with E-state index < -0.39 is 22.5 Å². The molecule has 0 bridgehead atoms. The van der Waals surface area contributed by atoms with Crippen molar-refractivity contribution in [1.82, 2.24) is 10.4 Å². The summed E-state index contributed by atoms with van der Waals surface area (Å²) in [6.07, 6.45) is 5.58. The third kappa shape index (κ3) is 5.68. The highest BCUT2D eigenvalue weighted by atomic mass is 32.2. The van der Waals surface area contributed by atoms with Gasteiger partial charge in [0.1, 0.15) is 18.0 Å². The number of pyridine rings is 1. The third-order valence-electron chi connectivity index (χ3n) is 3.43. The van der Waals surface area contributed by atoms with Gasteiger partial charge in [-0.05, 0) is 18.2 Å². The Labute approximate surface area is 157 Å². The number of ether oxygens (including phenoxy) is 2. The molecule has 1 amide bonds. The standard InChI is InChI=1S/C17H20N4O5S/c1-25-14-6-7-16(26-2)15(9-14)21(27(3,23)24)12-17(22)20-19-11-13-5-4-8-18-10-13/h4-11H,12H2,1-3H3,(H,20,22)/b19-11-. The van der Waals surface area contributed by atoms with Crippen molar-refractivity contribution < 1.29 is 22.7 Å². The zero-order valence-electron chi connectivity index (χ0n) is 15.1. The molecule has 9 nitrogen and oxygen atoms in total. The summed E-state index contributed by atoms with van der Waals surface area (Å²) in [6.45, 7) is -0.479. The van der Waals surface area contributed by atoms with E-state index in [1.54, 1.807) is 36.7 Å². The van der Waals surface area contributed by atoms with E-state index in [1.165, 1.54) is 26.5 Å². The Balaban J connectivity index is 2.20. The fraction of sp³-hybridized carbons (Fsp3) is 0.235. The van der Waals surface area contributed by atoms with Crippen LogP contribution >= 0.6 is 0 Å². The van der Waals surface area contributed by atoms with Gasteiger partial charge < -0.3 is 9.47 Å². The summed E-state index contributed by atoms with van der Waals surface area (Å²) in [5, 5.41) is 3.80. The molecular weight excluding hydrogens is 372 g/mol. The molecule has 1 heterocycles. The van der Waals surface area contributed by atoms with Crippen molar-refractivity contribution in [2.75, 3.05) is 31.3 Å². The van der Waals surface area contributed by atoms with Crippen LogP contribution in [0.4, 0.5) is 5.69 Å². The van der Waals surface area contributed by atoms with E-state index >= 15 is 0 Å². The third-order valence-corrected chi connectivity index (χ3v) is 4.56. The van der Waals surface area contributed by atoms with Crippen LogP contribution in [0.1, 0.15) is 5.56 Å².